The van der Waals surface area contributed by atoms with E-state index in [1.807, 2.05) is 11.3 Å². The van der Waals surface area contributed by atoms with Gasteiger partial charge in [-0.25, -0.2) is 0 Å². The third-order valence-corrected chi connectivity index (χ3v) is 4.17. The normalized spacial score (nSPS) is 12.6. The topological polar surface area (TPSA) is 12.0 Å². The Kier molecular flexibility index (Phi) is 4.56. The molecule has 2 heteroatoms. The van der Waals surface area contributed by atoms with Gasteiger partial charge in [0, 0.05) is 15.8 Å². The summed E-state index contributed by atoms with van der Waals surface area (Å²) in [4.78, 5) is 2.74. The molecule has 0 amide bonds. The minimum absolute atomic E-state index is 0.406. The van der Waals surface area contributed by atoms with Gasteiger partial charge >= 0.3 is 0 Å². The predicted octanol–water partition coefficient (Wildman–Crippen LogP) is 4.78. The van der Waals surface area contributed by atoms with Gasteiger partial charge in [-0.3, -0.25) is 0 Å². The maximum absolute atomic E-state index is 3.57. The van der Waals surface area contributed by atoms with Gasteiger partial charge in [-0.1, -0.05) is 31.2 Å². The van der Waals surface area contributed by atoms with Crippen molar-refractivity contribution in [1.82, 2.24) is 5.32 Å². The molecule has 0 saturated heterocycles. The molecule has 0 aliphatic rings. The van der Waals surface area contributed by atoms with Crippen molar-refractivity contribution >= 4 is 11.3 Å². The Balaban J connectivity index is 2.30. The number of nitrogens with one attached hydrogen (secondary N) is 1. The van der Waals surface area contributed by atoms with E-state index in [-0.39, 0.29) is 0 Å². The molecule has 1 aromatic heterocycles. The summed E-state index contributed by atoms with van der Waals surface area (Å²) >= 11 is 1.87. The van der Waals surface area contributed by atoms with Crippen LogP contribution in [0.1, 0.15) is 36.8 Å². The lowest BCUT2D eigenvalue weighted by molar-refractivity contribution is 0.572. The van der Waals surface area contributed by atoms with E-state index in [0.717, 1.165) is 6.54 Å². The summed E-state index contributed by atoms with van der Waals surface area (Å²) in [6.07, 6.45) is 1.17. The van der Waals surface area contributed by atoms with Gasteiger partial charge in [0.1, 0.15) is 0 Å². The van der Waals surface area contributed by atoms with Gasteiger partial charge in [0.05, 0.1) is 0 Å². The lowest BCUT2D eigenvalue weighted by Crippen LogP contribution is -2.19. The lowest BCUT2D eigenvalue weighted by atomic mass is 10.0. The summed E-state index contributed by atoms with van der Waals surface area (Å²) < 4.78 is 0. The number of benzene rings is 1. The van der Waals surface area contributed by atoms with Crippen molar-refractivity contribution in [3.63, 3.8) is 0 Å². The molecule has 0 aliphatic heterocycles. The van der Waals surface area contributed by atoms with E-state index < -0.39 is 0 Å². The Morgan fingerprint density at radius 3 is 2.61 bits per heavy atom. The monoisotopic (exact) mass is 259 g/mol. The van der Waals surface area contributed by atoms with Gasteiger partial charge in [-0.05, 0) is 50.1 Å². The molecule has 0 fully saturated rings. The fourth-order valence-electron chi connectivity index (χ4n) is 2.15. The van der Waals surface area contributed by atoms with Crippen molar-refractivity contribution in [2.45, 2.75) is 33.2 Å². The number of hydrogen-bond acceptors (Lipinski definition) is 2. The van der Waals surface area contributed by atoms with Crippen LogP contribution in [0.15, 0.2) is 36.4 Å². The zero-order chi connectivity index (χ0) is 13.0. The maximum Gasteiger partial charge on any atom is 0.0348 e. The number of aryl methyl sites for hydroxylation is 1. The van der Waals surface area contributed by atoms with Crippen LogP contribution in [0.5, 0.6) is 0 Å². The molecule has 2 rings (SSSR count). The van der Waals surface area contributed by atoms with E-state index >= 15 is 0 Å². The molecule has 2 aromatic rings. The molecular weight excluding hydrogens is 238 g/mol. The SMILES string of the molecule is CCCNC(C)c1ccccc1-c1ccc(C)s1. The number of rotatable bonds is 5. The largest absolute Gasteiger partial charge is 0.310 e. The highest BCUT2D eigenvalue weighted by Gasteiger charge is 2.11. The van der Waals surface area contributed by atoms with Crippen LogP contribution in [0, 0.1) is 6.92 Å². The zero-order valence-corrected chi connectivity index (χ0v) is 12.2. The van der Waals surface area contributed by atoms with Crippen LogP contribution in [0.3, 0.4) is 0 Å². The summed E-state index contributed by atoms with van der Waals surface area (Å²) in [5, 5.41) is 3.57. The van der Waals surface area contributed by atoms with Crippen molar-refractivity contribution in [1.29, 1.82) is 0 Å². The van der Waals surface area contributed by atoms with Gasteiger partial charge in [-0.15, -0.1) is 11.3 Å². The molecular formula is C16H21NS. The van der Waals surface area contributed by atoms with Gasteiger partial charge in [-0.2, -0.15) is 0 Å². The third-order valence-electron chi connectivity index (χ3n) is 3.13. The lowest BCUT2D eigenvalue weighted by Gasteiger charge is -2.17. The minimum Gasteiger partial charge on any atom is -0.310 e. The second-order valence-electron chi connectivity index (χ2n) is 4.67. The summed E-state index contributed by atoms with van der Waals surface area (Å²) in [6.45, 7) is 7.68. The van der Waals surface area contributed by atoms with E-state index in [9.17, 15) is 0 Å². The van der Waals surface area contributed by atoms with Crippen LogP contribution in [0.4, 0.5) is 0 Å². The predicted molar refractivity (Wildman–Crippen MR) is 81.2 cm³/mol. The molecule has 0 bridgehead atoms. The molecule has 96 valence electrons. The summed E-state index contributed by atoms with van der Waals surface area (Å²) in [7, 11) is 0. The quantitative estimate of drug-likeness (QED) is 0.814. The van der Waals surface area contributed by atoms with Crippen LogP contribution in [0.2, 0.25) is 0 Å². The first kappa shape index (κ1) is 13.3. The van der Waals surface area contributed by atoms with E-state index in [1.165, 1.54) is 27.3 Å². The maximum atomic E-state index is 3.57. The van der Waals surface area contributed by atoms with Crippen LogP contribution in [0.25, 0.3) is 10.4 Å². The Labute approximate surface area is 114 Å². The highest BCUT2D eigenvalue weighted by molar-refractivity contribution is 7.15. The van der Waals surface area contributed by atoms with Crippen LogP contribution >= 0.6 is 11.3 Å². The van der Waals surface area contributed by atoms with E-state index in [4.69, 9.17) is 0 Å². The Hall–Kier alpha value is -1.12. The molecule has 0 radical (unpaired) electrons. The summed E-state index contributed by atoms with van der Waals surface area (Å²) in [5.74, 6) is 0. The van der Waals surface area contributed by atoms with Crippen molar-refractivity contribution in [2.24, 2.45) is 0 Å². The van der Waals surface area contributed by atoms with Gasteiger partial charge in [0.15, 0.2) is 0 Å². The van der Waals surface area contributed by atoms with E-state index in [2.05, 4.69) is 62.5 Å². The Morgan fingerprint density at radius 2 is 1.94 bits per heavy atom. The average molecular weight is 259 g/mol. The fraction of sp³-hybridized carbons (Fsp3) is 0.375. The second kappa shape index (κ2) is 6.17. The highest BCUT2D eigenvalue weighted by Crippen LogP contribution is 2.33. The molecule has 0 spiro atoms. The summed E-state index contributed by atoms with van der Waals surface area (Å²) in [5.41, 5.74) is 2.76. The standard InChI is InChI=1S/C16H21NS/c1-4-11-17-13(3)14-7-5-6-8-15(14)16-10-9-12(2)18-16/h5-10,13,17H,4,11H2,1-3H3. The molecule has 1 heterocycles. The molecule has 1 nitrogen and oxygen atoms in total. The average Bonchev–Trinajstić information content (AvgIpc) is 2.82. The van der Waals surface area contributed by atoms with Crippen LogP contribution < -0.4 is 5.32 Å². The molecule has 0 saturated carbocycles. The van der Waals surface area contributed by atoms with Crippen LogP contribution in [-0.4, -0.2) is 6.54 Å². The van der Waals surface area contributed by atoms with E-state index in [1.54, 1.807) is 0 Å². The molecule has 1 aromatic carbocycles. The highest BCUT2D eigenvalue weighted by atomic mass is 32.1. The number of hydrogen-bond donors (Lipinski definition) is 1. The Bertz CT molecular complexity index is 501. The minimum atomic E-state index is 0.406. The number of thiophene rings is 1. The van der Waals surface area contributed by atoms with Crippen LogP contribution in [-0.2, 0) is 0 Å². The molecule has 18 heavy (non-hydrogen) atoms. The first-order valence-corrected chi connectivity index (χ1v) is 7.43. The second-order valence-corrected chi connectivity index (χ2v) is 5.96. The molecule has 0 aliphatic carbocycles. The van der Waals surface area contributed by atoms with Crippen molar-refractivity contribution in [3.8, 4) is 10.4 Å². The van der Waals surface area contributed by atoms with Crippen molar-refractivity contribution in [3.05, 3.63) is 46.8 Å². The first-order valence-electron chi connectivity index (χ1n) is 6.61. The van der Waals surface area contributed by atoms with Crippen molar-refractivity contribution in [2.75, 3.05) is 6.54 Å². The molecule has 1 N–H and O–H groups in total. The fourth-order valence-corrected chi connectivity index (χ4v) is 3.06. The van der Waals surface area contributed by atoms with Gasteiger partial charge in [0.25, 0.3) is 0 Å². The Morgan fingerprint density at radius 1 is 1.17 bits per heavy atom. The van der Waals surface area contributed by atoms with E-state index in [0.29, 0.717) is 6.04 Å². The van der Waals surface area contributed by atoms with Gasteiger partial charge in [0.2, 0.25) is 0 Å². The van der Waals surface area contributed by atoms with Gasteiger partial charge < -0.3 is 5.32 Å². The molecule has 1 atom stereocenters. The smallest absolute Gasteiger partial charge is 0.0348 e. The summed E-state index contributed by atoms with van der Waals surface area (Å²) in [6, 6.07) is 13.5. The third kappa shape index (κ3) is 3.01. The first-order chi connectivity index (χ1) is 8.72. The van der Waals surface area contributed by atoms with Crippen molar-refractivity contribution < 1.29 is 0 Å². The zero-order valence-electron chi connectivity index (χ0n) is 11.4. The molecule has 1 unspecified atom stereocenters.